The van der Waals surface area contributed by atoms with E-state index in [2.05, 4.69) is 32.6 Å². The SMILES string of the molecule is CC(C)CN(C(C)C)C1CC(N)C1. The molecule has 0 bridgehead atoms. The van der Waals surface area contributed by atoms with Gasteiger partial charge < -0.3 is 5.73 Å². The molecule has 0 spiro atoms. The van der Waals surface area contributed by atoms with Gasteiger partial charge in [0.1, 0.15) is 0 Å². The molecule has 2 N–H and O–H groups in total. The van der Waals surface area contributed by atoms with Crippen LogP contribution >= 0.6 is 0 Å². The Labute approximate surface area is 82.5 Å². The van der Waals surface area contributed by atoms with E-state index >= 15 is 0 Å². The molecule has 0 aromatic heterocycles. The Hall–Kier alpha value is -0.0800. The van der Waals surface area contributed by atoms with Crippen LogP contribution in [0.2, 0.25) is 0 Å². The molecule has 2 heteroatoms. The first-order chi connectivity index (χ1) is 6.00. The fourth-order valence-corrected chi connectivity index (χ4v) is 2.10. The first kappa shape index (κ1) is 11.0. The average molecular weight is 184 g/mol. The quantitative estimate of drug-likeness (QED) is 0.722. The molecule has 1 aliphatic carbocycles. The van der Waals surface area contributed by atoms with Gasteiger partial charge in [-0.25, -0.2) is 0 Å². The lowest BCUT2D eigenvalue weighted by Gasteiger charge is -2.44. The van der Waals surface area contributed by atoms with Crippen molar-refractivity contribution in [3.05, 3.63) is 0 Å². The molecule has 2 nitrogen and oxygen atoms in total. The first-order valence-corrected chi connectivity index (χ1v) is 5.52. The third-order valence-corrected chi connectivity index (χ3v) is 2.86. The fourth-order valence-electron chi connectivity index (χ4n) is 2.10. The van der Waals surface area contributed by atoms with Crippen LogP contribution in [0.1, 0.15) is 40.5 Å². The molecule has 1 rings (SSSR count). The van der Waals surface area contributed by atoms with Gasteiger partial charge in [-0.1, -0.05) is 13.8 Å². The van der Waals surface area contributed by atoms with Crippen LogP contribution in [0.15, 0.2) is 0 Å². The highest BCUT2D eigenvalue weighted by molar-refractivity contribution is 4.90. The van der Waals surface area contributed by atoms with Gasteiger partial charge in [0, 0.05) is 24.7 Å². The van der Waals surface area contributed by atoms with Gasteiger partial charge in [-0.15, -0.1) is 0 Å². The zero-order chi connectivity index (χ0) is 10.0. The summed E-state index contributed by atoms with van der Waals surface area (Å²) in [6.07, 6.45) is 2.40. The van der Waals surface area contributed by atoms with Crippen LogP contribution in [-0.2, 0) is 0 Å². The number of nitrogens with zero attached hydrogens (tertiary/aromatic N) is 1. The second-order valence-electron chi connectivity index (χ2n) is 5.07. The molecular weight excluding hydrogens is 160 g/mol. The van der Waals surface area contributed by atoms with Gasteiger partial charge in [-0.3, -0.25) is 4.90 Å². The predicted octanol–water partition coefficient (Wildman–Crippen LogP) is 1.84. The highest BCUT2D eigenvalue weighted by atomic mass is 15.2. The maximum atomic E-state index is 5.81. The minimum atomic E-state index is 0.471. The Morgan fingerprint density at radius 2 is 1.77 bits per heavy atom. The molecule has 0 heterocycles. The minimum Gasteiger partial charge on any atom is -0.328 e. The molecule has 1 saturated carbocycles. The fraction of sp³-hybridized carbons (Fsp3) is 1.00. The lowest BCUT2D eigenvalue weighted by atomic mass is 9.85. The van der Waals surface area contributed by atoms with E-state index in [1.165, 1.54) is 19.4 Å². The summed E-state index contributed by atoms with van der Waals surface area (Å²) in [5, 5.41) is 0. The molecule has 0 aromatic carbocycles. The molecule has 1 aliphatic rings. The van der Waals surface area contributed by atoms with Crippen LogP contribution in [0.3, 0.4) is 0 Å². The van der Waals surface area contributed by atoms with Crippen LogP contribution in [0.5, 0.6) is 0 Å². The monoisotopic (exact) mass is 184 g/mol. The van der Waals surface area contributed by atoms with Crippen molar-refractivity contribution in [3.8, 4) is 0 Å². The summed E-state index contributed by atoms with van der Waals surface area (Å²) in [6, 6.07) is 1.90. The molecule has 0 saturated heterocycles. The van der Waals surface area contributed by atoms with E-state index < -0.39 is 0 Å². The van der Waals surface area contributed by atoms with Crippen molar-refractivity contribution >= 4 is 0 Å². The van der Waals surface area contributed by atoms with Gasteiger partial charge in [0.2, 0.25) is 0 Å². The molecule has 0 amide bonds. The second kappa shape index (κ2) is 4.43. The van der Waals surface area contributed by atoms with E-state index in [0.717, 1.165) is 12.0 Å². The molecule has 0 aromatic rings. The van der Waals surface area contributed by atoms with E-state index in [0.29, 0.717) is 12.1 Å². The first-order valence-electron chi connectivity index (χ1n) is 5.52. The van der Waals surface area contributed by atoms with Crippen LogP contribution in [0.4, 0.5) is 0 Å². The Kier molecular flexibility index (Phi) is 3.74. The zero-order valence-corrected chi connectivity index (χ0v) is 9.46. The maximum absolute atomic E-state index is 5.81. The Bertz CT molecular complexity index is 148. The predicted molar refractivity (Wildman–Crippen MR) is 57.7 cm³/mol. The van der Waals surface area contributed by atoms with Gasteiger partial charge >= 0.3 is 0 Å². The van der Waals surface area contributed by atoms with Crippen LogP contribution in [-0.4, -0.2) is 29.6 Å². The van der Waals surface area contributed by atoms with E-state index in [-0.39, 0.29) is 0 Å². The van der Waals surface area contributed by atoms with Crippen molar-refractivity contribution in [2.75, 3.05) is 6.54 Å². The summed E-state index contributed by atoms with van der Waals surface area (Å²) in [4.78, 5) is 2.61. The van der Waals surface area contributed by atoms with Gasteiger partial charge in [-0.2, -0.15) is 0 Å². The van der Waals surface area contributed by atoms with Crippen molar-refractivity contribution in [1.82, 2.24) is 4.90 Å². The molecule has 13 heavy (non-hydrogen) atoms. The standard InChI is InChI=1S/C11H24N2/c1-8(2)7-13(9(3)4)11-5-10(12)6-11/h8-11H,5-7,12H2,1-4H3. The van der Waals surface area contributed by atoms with Crippen molar-refractivity contribution < 1.29 is 0 Å². The average Bonchev–Trinajstić information content (AvgIpc) is 1.94. The number of hydrogen-bond acceptors (Lipinski definition) is 2. The van der Waals surface area contributed by atoms with E-state index in [9.17, 15) is 0 Å². The molecule has 0 radical (unpaired) electrons. The number of nitrogens with two attached hydrogens (primary N) is 1. The number of hydrogen-bond donors (Lipinski definition) is 1. The highest BCUT2D eigenvalue weighted by Gasteiger charge is 2.32. The summed E-state index contributed by atoms with van der Waals surface area (Å²) in [6.45, 7) is 10.4. The lowest BCUT2D eigenvalue weighted by molar-refractivity contribution is 0.0691. The third kappa shape index (κ3) is 2.96. The van der Waals surface area contributed by atoms with Crippen LogP contribution < -0.4 is 5.73 Å². The van der Waals surface area contributed by atoms with Crippen molar-refractivity contribution in [1.29, 1.82) is 0 Å². The van der Waals surface area contributed by atoms with Crippen molar-refractivity contribution in [2.24, 2.45) is 11.7 Å². The number of rotatable bonds is 4. The van der Waals surface area contributed by atoms with E-state index in [1.807, 2.05) is 0 Å². The maximum Gasteiger partial charge on any atom is 0.0127 e. The minimum absolute atomic E-state index is 0.471. The summed E-state index contributed by atoms with van der Waals surface area (Å²) < 4.78 is 0. The smallest absolute Gasteiger partial charge is 0.0127 e. The summed E-state index contributed by atoms with van der Waals surface area (Å²) >= 11 is 0. The van der Waals surface area contributed by atoms with Crippen molar-refractivity contribution in [2.45, 2.75) is 58.7 Å². The Morgan fingerprint density at radius 1 is 1.23 bits per heavy atom. The second-order valence-corrected chi connectivity index (χ2v) is 5.07. The third-order valence-electron chi connectivity index (χ3n) is 2.86. The summed E-state index contributed by atoms with van der Waals surface area (Å²) in [5.74, 6) is 0.763. The largest absolute Gasteiger partial charge is 0.328 e. The molecule has 0 atom stereocenters. The van der Waals surface area contributed by atoms with Gasteiger partial charge in [0.05, 0.1) is 0 Å². The zero-order valence-electron chi connectivity index (χ0n) is 9.46. The van der Waals surface area contributed by atoms with Gasteiger partial charge in [-0.05, 0) is 32.6 Å². The van der Waals surface area contributed by atoms with E-state index in [1.54, 1.807) is 0 Å². The topological polar surface area (TPSA) is 29.3 Å². The van der Waals surface area contributed by atoms with Crippen LogP contribution in [0.25, 0.3) is 0 Å². The highest BCUT2D eigenvalue weighted by Crippen LogP contribution is 2.26. The molecule has 0 unspecified atom stereocenters. The Morgan fingerprint density at radius 3 is 2.08 bits per heavy atom. The van der Waals surface area contributed by atoms with E-state index in [4.69, 9.17) is 5.73 Å². The summed E-state index contributed by atoms with van der Waals surface area (Å²) in [7, 11) is 0. The molecule has 1 fully saturated rings. The Balaban J connectivity index is 2.39. The van der Waals surface area contributed by atoms with Gasteiger partial charge in [0.25, 0.3) is 0 Å². The van der Waals surface area contributed by atoms with Gasteiger partial charge in [0.15, 0.2) is 0 Å². The van der Waals surface area contributed by atoms with Crippen molar-refractivity contribution in [3.63, 3.8) is 0 Å². The molecule has 78 valence electrons. The van der Waals surface area contributed by atoms with Crippen LogP contribution in [0, 0.1) is 5.92 Å². The molecule has 0 aliphatic heterocycles. The normalized spacial score (nSPS) is 28.6. The summed E-state index contributed by atoms with van der Waals surface area (Å²) in [5.41, 5.74) is 5.81. The lowest BCUT2D eigenvalue weighted by Crippen LogP contribution is -2.53. The molecular formula is C11H24N2.